The Kier molecular flexibility index (Phi) is 7.39. The number of rotatable bonds is 7. The van der Waals surface area contributed by atoms with Crippen LogP contribution < -0.4 is 5.32 Å². The van der Waals surface area contributed by atoms with Crippen LogP contribution in [-0.4, -0.2) is 49.2 Å². The van der Waals surface area contributed by atoms with Crippen LogP contribution in [0.1, 0.15) is 13.3 Å². The second kappa shape index (κ2) is 7.49. The fourth-order valence-electron chi connectivity index (χ4n) is 0.824. The van der Waals surface area contributed by atoms with Crippen molar-refractivity contribution in [2.45, 2.75) is 25.5 Å². The van der Waals surface area contributed by atoms with Gasteiger partial charge in [-0.2, -0.15) is 0 Å². The zero-order chi connectivity index (χ0) is 9.40. The topological polar surface area (TPSA) is 61.7 Å². The Morgan fingerprint density at radius 1 is 1.50 bits per heavy atom. The van der Waals surface area contributed by atoms with E-state index in [9.17, 15) is 5.11 Å². The molecule has 0 aromatic carbocycles. The van der Waals surface area contributed by atoms with Gasteiger partial charge in [0.05, 0.1) is 25.4 Å². The summed E-state index contributed by atoms with van der Waals surface area (Å²) in [5, 5.41) is 21.0. The number of ether oxygens (including phenoxy) is 1. The summed E-state index contributed by atoms with van der Waals surface area (Å²) in [7, 11) is 1.58. The maximum absolute atomic E-state index is 9.19. The van der Waals surface area contributed by atoms with Gasteiger partial charge in [0.25, 0.3) is 0 Å². The molecule has 0 bridgehead atoms. The fraction of sp³-hybridized carbons (Fsp3) is 1.00. The van der Waals surface area contributed by atoms with Crippen LogP contribution in [0.5, 0.6) is 0 Å². The molecule has 0 rings (SSSR count). The van der Waals surface area contributed by atoms with Crippen molar-refractivity contribution < 1.29 is 14.9 Å². The lowest BCUT2D eigenvalue weighted by Crippen LogP contribution is -2.40. The molecule has 0 radical (unpaired) electrons. The van der Waals surface area contributed by atoms with Gasteiger partial charge in [0.15, 0.2) is 0 Å². The molecule has 74 valence electrons. The lowest BCUT2D eigenvalue weighted by Gasteiger charge is -2.17. The zero-order valence-electron chi connectivity index (χ0n) is 7.79. The summed E-state index contributed by atoms with van der Waals surface area (Å²) in [5.74, 6) is 0. The van der Waals surface area contributed by atoms with E-state index in [-0.39, 0.29) is 18.8 Å². The van der Waals surface area contributed by atoms with Crippen LogP contribution in [0.25, 0.3) is 0 Å². The molecule has 0 heterocycles. The van der Waals surface area contributed by atoms with Crippen LogP contribution in [-0.2, 0) is 4.74 Å². The van der Waals surface area contributed by atoms with Crippen molar-refractivity contribution in [2.75, 3.05) is 26.9 Å². The van der Waals surface area contributed by atoms with E-state index in [2.05, 4.69) is 5.32 Å². The third-order valence-corrected chi connectivity index (χ3v) is 1.70. The second-order valence-electron chi connectivity index (χ2n) is 2.81. The molecule has 12 heavy (non-hydrogen) atoms. The summed E-state index contributed by atoms with van der Waals surface area (Å²) in [6, 6.07) is -0.0730. The van der Waals surface area contributed by atoms with E-state index in [1.165, 1.54) is 0 Å². The molecule has 0 fully saturated rings. The highest BCUT2D eigenvalue weighted by atomic mass is 16.5. The number of hydrogen-bond donors (Lipinski definition) is 3. The highest BCUT2D eigenvalue weighted by Crippen LogP contribution is 1.89. The molecular formula is C8H19NO3. The first-order valence-corrected chi connectivity index (χ1v) is 4.25. The Morgan fingerprint density at radius 3 is 2.58 bits per heavy atom. The van der Waals surface area contributed by atoms with Gasteiger partial charge in [-0.15, -0.1) is 0 Å². The number of hydrogen-bond acceptors (Lipinski definition) is 4. The minimum atomic E-state index is -0.337. The van der Waals surface area contributed by atoms with Crippen LogP contribution >= 0.6 is 0 Å². The molecule has 0 aromatic heterocycles. The Balaban J connectivity index is 3.43. The number of nitrogens with one attached hydrogen (secondary N) is 1. The minimum Gasteiger partial charge on any atom is -0.395 e. The molecule has 0 aliphatic heterocycles. The fourth-order valence-corrected chi connectivity index (χ4v) is 0.824. The summed E-state index contributed by atoms with van der Waals surface area (Å²) < 4.78 is 4.86. The van der Waals surface area contributed by atoms with Gasteiger partial charge >= 0.3 is 0 Å². The largest absolute Gasteiger partial charge is 0.395 e. The number of aliphatic hydroxyl groups excluding tert-OH is 2. The predicted molar refractivity (Wildman–Crippen MR) is 47.1 cm³/mol. The first-order valence-electron chi connectivity index (χ1n) is 4.25. The van der Waals surface area contributed by atoms with Crippen molar-refractivity contribution in [2.24, 2.45) is 0 Å². The van der Waals surface area contributed by atoms with Crippen molar-refractivity contribution in [3.8, 4) is 0 Å². The minimum absolute atomic E-state index is 0.0320. The summed E-state index contributed by atoms with van der Waals surface area (Å²) in [4.78, 5) is 0. The van der Waals surface area contributed by atoms with Gasteiger partial charge in [0, 0.05) is 13.7 Å². The van der Waals surface area contributed by atoms with E-state index in [0.717, 1.165) is 6.42 Å². The van der Waals surface area contributed by atoms with Gasteiger partial charge in [0.1, 0.15) is 0 Å². The number of methoxy groups -OCH3 is 1. The van der Waals surface area contributed by atoms with E-state index >= 15 is 0 Å². The maximum atomic E-state index is 9.19. The lowest BCUT2D eigenvalue weighted by molar-refractivity contribution is 0.110. The van der Waals surface area contributed by atoms with Gasteiger partial charge in [-0.25, -0.2) is 0 Å². The highest BCUT2D eigenvalue weighted by Gasteiger charge is 2.07. The van der Waals surface area contributed by atoms with Gasteiger partial charge < -0.3 is 20.3 Å². The van der Waals surface area contributed by atoms with Crippen LogP contribution in [0.4, 0.5) is 0 Å². The molecule has 0 aliphatic rings. The monoisotopic (exact) mass is 177 g/mol. The molecule has 4 heteroatoms. The molecular weight excluding hydrogens is 158 g/mol. The average Bonchev–Trinajstić information content (AvgIpc) is 2.11. The summed E-state index contributed by atoms with van der Waals surface area (Å²) in [6.45, 7) is 2.92. The van der Waals surface area contributed by atoms with E-state index in [4.69, 9.17) is 9.84 Å². The molecule has 0 saturated heterocycles. The molecule has 0 amide bonds. The molecule has 2 atom stereocenters. The molecule has 0 aliphatic carbocycles. The van der Waals surface area contributed by atoms with Crippen LogP contribution in [0.2, 0.25) is 0 Å². The van der Waals surface area contributed by atoms with Crippen molar-refractivity contribution in [3.05, 3.63) is 0 Å². The van der Waals surface area contributed by atoms with E-state index < -0.39 is 0 Å². The van der Waals surface area contributed by atoms with Crippen molar-refractivity contribution in [1.82, 2.24) is 5.32 Å². The molecule has 0 aromatic rings. The van der Waals surface area contributed by atoms with Crippen molar-refractivity contribution in [1.29, 1.82) is 0 Å². The molecule has 4 nitrogen and oxygen atoms in total. The van der Waals surface area contributed by atoms with Crippen LogP contribution in [0, 0.1) is 0 Å². The summed E-state index contributed by atoms with van der Waals surface area (Å²) in [6.07, 6.45) is 0.383. The van der Waals surface area contributed by atoms with Crippen LogP contribution in [0.3, 0.4) is 0 Å². The van der Waals surface area contributed by atoms with E-state index in [0.29, 0.717) is 13.2 Å². The van der Waals surface area contributed by atoms with E-state index in [1.54, 1.807) is 7.11 Å². The molecule has 2 unspecified atom stereocenters. The standard InChI is InChI=1S/C8H19NO3/c1-3-8(11)4-9-7(5-10)6-12-2/h7-11H,3-6H2,1-2H3. The average molecular weight is 177 g/mol. The van der Waals surface area contributed by atoms with Crippen LogP contribution in [0.15, 0.2) is 0 Å². The zero-order valence-corrected chi connectivity index (χ0v) is 7.79. The Bertz CT molecular complexity index is 100. The summed E-state index contributed by atoms with van der Waals surface area (Å²) in [5.41, 5.74) is 0. The smallest absolute Gasteiger partial charge is 0.0662 e. The Morgan fingerprint density at radius 2 is 2.17 bits per heavy atom. The first-order chi connectivity index (χ1) is 5.74. The van der Waals surface area contributed by atoms with Crippen molar-refractivity contribution in [3.63, 3.8) is 0 Å². The molecule has 0 saturated carbocycles. The third-order valence-electron chi connectivity index (χ3n) is 1.70. The predicted octanol–water partition coefficient (Wildman–Crippen LogP) is -0.646. The van der Waals surface area contributed by atoms with Gasteiger partial charge in [-0.3, -0.25) is 0 Å². The lowest BCUT2D eigenvalue weighted by atomic mass is 10.2. The Labute approximate surface area is 73.5 Å². The van der Waals surface area contributed by atoms with Gasteiger partial charge in [0.2, 0.25) is 0 Å². The SMILES string of the molecule is CCC(O)CNC(CO)COC. The first kappa shape index (κ1) is 11.8. The quantitative estimate of drug-likeness (QED) is 0.484. The maximum Gasteiger partial charge on any atom is 0.0662 e. The third kappa shape index (κ3) is 5.49. The van der Waals surface area contributed by atoms with Gasteiger partial charge in [-0.05, 0) is 6.42 Å². The molecule has 3 N–H and O–H groups in total. The number of aliphatic hydroxyl groups is 2. The highest BCUT2D eigenvalue weighted by molar-refractivity contribution is 4.66. The van der Waals surface area contributed by atoms with Gasteiger partial charge in [-0.1, -0.05) is 6.92 Å². The molecule has 0 spiro atoms. The normalized spacial score (nSPS) is 16.0. The second-order valence-corrected chi connectivity index (χ2v) is 2.81. The van der Waals surface area contributed by atoms with Crippen molar-refractivity contribution >= 4 is 0 Å². The Hall–Kier alpha value is -0.160. The van der Waals surface area contributed by atoms with E-state index in [1.807, 2.05) is 6.92 Å². The summed E-state index contributed by atoms with van der Waals surface area (Å²) >= 11 is 0.